The van der Waals surface area contributed by atoms with Gasteiger partial charge in [-0.05, 0) is 56.8 Å². The number of primary amides is 1. The van der Waals surface area contributed by atoms with E-state index in [0.717, 1.165) is 12.8 Å². The van der Waals surface area contributed by atoms with Gasteiger partial charge in [0.15, 0.2) is 0 Å². The van der Waals surface area contributed by atoms with E-state index >= 15 is 0 Å². The van der Waals surface area contributed by atoms with Gasteiger partial charge in [0.1, 0.15) is 12.1 Å². The third kappa shape index (κ3) is 7.93. The Hall–Kier alpha value is -2.65. The molecular formula is C26H45N5O5. The number of hydrogen-bond acceptors (Lipinski definition) is 5. The molecule has 3 unspecified atom stereocenters. The quantitative estimate of drug-likeness (QED) is 0.350. The van der Waals surface area contributed by atoms with Gasteiger partial charge in [-0.2, -0.15) is 0 Å². The predicted molar refractivity (Wildman–Crippen MR) is 137 cm³/mol. The topological polar surface area (TPSA) is 151 Å². The fraction of sp³-hybridized carbons (Fsp3) is 0.808. The van der Waals surface area contributed by atoms with Crippen LogP contribution >= 0.6 is 0 Å². The Morgan fingerprint density at radius 3 is 1.97 bits per heavy atom. The Kier molecular flexibility index (Phi) is 9.18. The van der Waals surface area contributed by atoms with Gasteiger partial charge in [-0.1, -0.05) is 47.5 Å². The number of carbonyl (C=O) groups excluding carboxylic acids is 5. The van der Waals surface area contributed by atoms with Gasteiger partial charge in [0.05, 0.1) is 6.04 Å². The summed E-state index contributed by atoms with van der Waals surface area (Å²) in [6.45, 7) is 15.4. The Labute approximate surface area is 214 Å². The van der Waals surface area contributed by atoms with Crippen LogP contribution in [0.5, 0.6) is 0 Å². The summed E-state index contributed by atoms with van der Waals surface area (Å²) in [7, 11) is 0. The molecule has 5 amide bonds. The highest BCUT2D eigenvalue weighted by Gasteiger charge is 2.48. The summed E-state index contributed by atoms with van der Waals surface area (Å²) >= 11 is 0. The lowest BCUT2D eigenvalue weighted by Gasteiger charge is -2.37. The molecule has 0 bridgehead atoms. The SMILES string of the molecule is CC(C)[C@H]1CCN(C(=O)C(NC(=O)NC(C)(C)C)C(C)(C)C)C1C(=O)NC(CC1CC1)C(=O)C(N)=O. The smallest absolute Gasteiger partial charge is 0.315 e. The molecule has 4 atom stereocenters. The number of nitrogens with one attached hydrogen (secondary N) is 3. The average Bonchev–Trinajstić information content (AvgIpc) is 3.41. The molecule has 10 heteroatoms. The first kappa shape index (κ1) is 29.6. The van der Waals surface area contributed by atoms with E-state index in [4.69, 9.17) is 5.73 Å². The molecule has 0 aromatic carbocycles. The fourth-order valence-corrected chi connectivity index (χ4v) is 4.77. The van der Waals surface area contributed by atoms with Crippen LogP contribution in [0.15, 0.2) is 0 Å². The first-order chi connectivity index (χ1) is 16.4. The van der Waals surface area contributed by atoms with Crippen molar-refractivity contribution in [3.05, 3.63) is 0 Å². The molecule has 1 aliphatic heterocycles. The van der Waals surface area contributed by atoms with Crippen LogP contribution in [0.25, 0.3) is 0 Å². The van der Waals surface area contributed by atoms with Crippen molar-refractivity contribution in [3.8, 4) is 0 Å². The normalized spacial score (nSPS) is 22.1. The Morgan fingerprint density at radius 1 is 0.944 bits per heavy atom. The van der Waals surface area contributed by atoms with Crippen molar-refractivity contribution in [3.63, 3.8) is 0 Å². The number of Topliss-reactive ketones (excluding diaryl/α,β-unsaturated/α-hetero) is 1. The van der Waals surface area contributed by atoms with Crippen molar-refractivity contribution in [2.75, 3.05) is 6.54 Å². The van der Waals surface area contributed by atoms with E-state index in [1.807, 2.05) is 55.4 Å². The van der Waals surface area contributed by atoms with Crippen molar-refractivity contribution < 1.29 is 24.0 Å². The molecule has 10 nitrogen and oxygen atoms in total. The summed E-state index contributed by atoms with van der Waals surface area (Å²) in [4.78, 5) is 65.7. The minimum Gasteiger partial charge on any atom is -0.363 e. The fourth-order valence-electron chi connectivity index (χ4n) is 4.77. The standard InChI is InChI=1S/C26H45N5O5/c1-14(2)16-11-12-31(23(35)20(25(3,4)5)29-24(36)30-26(6,7)8)18(16)22(34)28-17(13-15-9-10-15)19(32)21(27)33/h14-18,20H,9-13H2,1-8H3,(H2,27,33)(H,28,34)(H2,29,30,36)/t16-,17?,18?,20?/m1/s1. The first-order valence-electron chi connectivity index (χ1n) is 13.0. The lowest BCUT2D eigenvalue weighted by molar-refractivity contribution is -0.144. The van der Waals surface area contributed by atoms with Crippen molar-refractivity contribution in [1.82, 2.24) is 20.9 Å². The van der Waals surface area contributed by atoms with Gasteiger partial charge in [-0.15, -0.1) is 0 Å². The van der Waals surface area contributed by atoms with Crippen LogP contribution in [0.3, 0.4) is 0 Å². The maximum Gasteiger partial charge on any atom is 0.315 e. The summed E-state index contributed by atoms with van der Waals surface area (Å²) in [6.07, 6.45) is 2.86. The number of likely N-dealkylation sites (tertiary alicyclic amines) is 1. The molecule has 1 heterocycles. The van der Waals surface area contributed by atoms with Gasteiger partial charge >= 0.3 is 6.03 Å². The van der Waals surface area contributed by atoms with Gasteiger partial charge in [-0.3, -0.25) is 19.2 Å². The molecule has 0 aromatic heterocycles. The van der Waals surface area contributed by atoms with Gasteiger partial charge < -0.3 is 26.6 Å². The maximum atomic E-state index is 13.9. The molecule has 1 saturated carbocycles. The van der Waals surface area contributed by atoms with Crippen LogP contribution < -0.4 is 21.7 Å². The number of ketones is 1. The number of nitrogens with zero attached hydrogens (tertiary/aromatic N) is 1. The van der Waals surface area contributed by atoms with Gasteiger partial charge in [-0.25, -0.2) is 4.79 Å². The van der Waals surface area contributed by atoms with E-state index in [9.17, 15) is 24.0 Å². The number of rotatable bonds is 9. The lowest BCUT2D eigenvalue weighted by atomic mass is 9.84. The second kappa shape index (κ2) is 11.2. The molecule has 1 saturated heterocycles. The molecule has 2 rings (SSSR count). The molecule has 2 fully saturated rings. The largest absolute Gasteiger partial charge is 0.363 e. The van der Waals surface area contributed by atoms with Crippen LogP contribution in [0.4, 0.5) is 4.79 Å². The molecular weight excluding hydrogens is 462 g/mol. The highest BCUT2D eigenvalue weighted by atomic mass is 16.2. The number of hydrogen-bond donors (Lipinski definition) is 4. The highest BCUT2D eigenvalue weighted by molar-refractivity contribution is 6.37. The minimum atomic E-state index is -1.08. The molecule has 36 heavy (non-hydrogen) atoms. The summed E-state index contributed by atoms with van der Waals surface area (Å²) in [5.74, 6) is -2.48. The molecule has 1 aliphatic carbocycles. The van der Waals surface area contributed by atoms with Crippen LogP contribution in [0, 0.1) is 23.2 Å². The lowest BCUT2D eigenvalue weighted by Crippen LogP contribution is -2.61. The first-order valence-corrected chi connectivity index (χ1v) is 13.0. The molecule has 204 valence electrons. The Morgan fingerprint density at radius 2 is 1.53 bits per heavy atom. The third-order valence-corrected chi connectivity index (χ3v) is 6.87. The van der Waals surface area contributed by atoms with E-state index in [1.54, 1.807) is 0 Å². The van der Waals surface area contributed by atoms with E-state index in [-0.39, 0.29) is 23.7 Å². The summed E-state index contributed by atoms with van der Waals surface area (Å²) in [5, 5.41) is 8.38. The van der Waals surface area contributed by atoms with Crippen molar-refractivity contribution in [2.45, 2.75) is 105 Å². The highest BCUT2D eigenvalue weighted by Crippen LogP contribution is 2.35. The third-order valence-electron chi connectivity index (χ3n) is 6.87. The zero-order valence-corrected chi connectivity index (χ0v) is 23.1. The van der Waals surface area contributed by atoms with Crippen LogP contribution in [-0.2, 0) is 19.2 Å². The van der Waals surface area contributed by atoms with Gasteiger partial charge in [0.25, 0.3) is 5.91 Å². The van der Waals surface area contributed by atoms with Crippen LogP contribution in [0.1, 0.15) is 81.1 Å². The number of amides is 5. The Bertz CT molecular complexity index is 869. The van der Waals surface area contributed by atoms with Gasteiger partial charge in [0.2, 0.25) is 17.6 Å². The Balaban J connectivity index is 2.31. The number of urea groups is 1. The number of nitrogens with two attached hydrogens (primary N) is 1. The zero-order valence-electron chi connectivity index (χ0n) is 23.1. The van der Waals surface area contributed by atoms with Crippen molar-refractivity contribution in [2.24, 2.45) is 28.9 Å². The van der Waals surface area contributed by atoms with E-state index in [2.05, 4.69) is 16.0 Å². The van der Waals surface area contributed by atoms with Crippen molar-refractivity contribution in [1.29, 1.82) is 0 Å². The second-order valence-corrected chi connectivity index (χ2v) is 12.8. The monoisotopic (exact) mass is 507 g/mol. The van der Waals surface area contributed by atoms with Crippen molar-refractivity contribution >= 4 is 29.5 Å². The maximum absolute atomic E-state index is 13.9. The predicted octanol–water partition coefficient (Wildman–Crippen LogP) is 1.71. The molecule has 0 radical (unpaired) electrons. The second-order valence-electron chi connectivity index (χ2n) is 12.8. The minimum absolute atomic E-state index is 0.0949. The molecule has 5 N–H and O–H groups in total. The summed E-state index contributed by atoms with van der Waals surface area (Å²) in [5.41, 5.74) is 4.13. The zero-order chi connectivity index (χ0) is 27.6. The molecule has 0 aromatic rings. The summed E-state index contributed by atoms with van der Waals surface area (Å²) in [6, 6.07) is -3.16. The molecule has 0 spiro atoms. The molecule has 2 aliphatic rings. The van der Waals surface area contributed by atoms with Crippen LogP contribution in [0.2, 0.25) is 0 Å². The van der Waals surface area contributed by atoms with Crippen LogP contribution in [-0.4, -0.2) is 64.6 Å². The average molecular weight is 508 g/mol. The number of carbonyl (C=O) groups is 5. The van der Waals surface area contributed by atoms with Gasteiger partial charge in [0, 0.05) is 12.1 Å². The van der Waals surface area contributed by atoms with E-state index in [1.165, 1.54) is 4.90 Å². The summed E-state index contributed by atoms with van der Waals surface area (Å²) < 4.78 is 0. The van der Waals surface area contributed by atoms with E-state index in [0.29, 0.717) is 19.4 Å². The van der Waals surface area contributed by atoms with E-state index < -0.39 is 52.7 Å².